The van der Waals surface area contributed by atoms with E-state index in [1.165, 1.54) is 0 Å². The van der Waals surface area contributed by atoms with Gasteiger partial charge in [-0.25, -0.2) is 0 Å². The molecule has 0 unspecified atom stereocenters. The highest BCUT2D eigenvalue weighted by molar-refractivity contribution is 9.11. The summed E-state index contributed by atoms with van der Waals surface area (Å²) in [5.74, 6) is 1.99. The second kappa shape index (κ2) is 8.19. The maximum absolute atomic E-state index is 5.56. The van der Waals surface area contributed by atoms with Crippen molar-refractivity contribution in [3.05, 3.63) is 21.1 Å². The Morgan fingerprint density at radius 1 is 1.06 bits per heavy atom. The number of alkyl halides is 1. The Morgan fingerprint density at radius 2 is 1.71 bits per heavy atom. The monoisotopic (exact) mass is 386 g/mol. The third kappa shape index (κ3) is 5.04. The summed E-state index contributed by atoms with van der Waals surface area (Å²) in [5.41, 5.74) is 0. The molecule has 0 saturated heterocycles. The van der Waals surface area contributed by atoms with Crippen molar-refractivity contribution in [2.75, 3.05) is 32.8 Å². The molecule has 0 radical (unpaired) electrons. The van der Waals surface area contributed by atoms with E-state index in [0.29, 0.717) is 25.7 Å². The predicted molar refractivity (Wildman–Crippen MR) is 75.4 cm³/mol. The van der Waals surface area contributed by atoms with Crippen LogP contribution in [0.4, 0.5) is 0 Å². The Kier molecular flexibility index (Phi) is 7.27. The normalized spacial score (nSPS) is 10.4. The molecule has 0 saturated carbocycles. The molecule has 0 atom stereocenters. The first kappa shape index (κ1) is 15.1. The van der Waals surface area contributed by atoms with Gasteiger partial charge >= 0.3 is 0 Å². The van der Waals surface area contributed by atoms with E-state index >= 15 is 0 Å². The van der Waals surface area contributed by atoms with Crippen LogP contribution in [0.15, 0.2) is 21.1 Å². The van der Waals surface area contributed by atoms with Gasteiger partial charge in [0.2, 0.25) is 0 Å². The van der Waals surface area contributed by atoms with Crippen molar-refractivity contribution < 1.29 is 14.2 Å². The Hall–Kier alpha value is 0.0300. The SMILES string of the molecule is COc1cc(Br)c(OCCOCCCl)cc1Br. The van der Waals surface area contributed by atoms with Crippen LogP contribution in [0.5, 0.6) is 11.5 Å². The lowest BCUT2D eigenvalue weighted by Gasteiger charge is -2.11. The summed E-state index contributed by atoms with van der Waals surface area (Å²) in [6.45, 7) is 1.54. The van der Waals surface area contributed by atoms with Crippen molar-refractivity contribution in [2.45, 2.75) is 0 Å². The lowest BCUT2D eigenvalue weighted by molar-refractivity contribution is 0.111. The zero-order valence-electron chi connectivity index (χ0n) is 9.34. The molecule has 0 heterocycles. The van der Waals surface area contributed by atoms with Gasteiger partial charge in [-0.05, 0) is 44.0 Å². The maximum atomic E-state index is 5.56. The average Bonchev–Trinajstić information content (AvgIpc) is 2.32. The summed E-state index contributed by atoms with van der Waals surface area (Å²) >= 11 is 12.3. The van der Waals surface area contributed by atoms with E-state index in [1.807, 2.05) is 12.1 Å². The fourth-order valence-electron chi connectivity index (χ4n) is 1.14. The number of hydrogen-bond acceptors (Lipinski definition) is 3. The van der Waals surface area contributed by atoms with Gasteiger partial charge in [0, 0.05) is 5.88 Å². The van der Waals surface area contributed by atoms with Crippen LogP contribution in [-0.2, 0) is 4.74 Å². The van der Waals surface area contributed by atoms with Crippen LogP contribution < -0.4 is 9.47 Å². The molecule has 0 aliphatic rings. The smallest absolute Gasteiger partial charge is 0.134 e. The fourth-order valence-corrected chi connectivity index (χ4v) is 2.17. The Labute approximate surface area is 123 Å². The second-order valence-electron chi connectivity index (χ2n) is 3.07. The summed E-state index contributed by atoms with van der Waals surface area (Å²) in [7, 11) is 1.62. The second-order valence-corrected chi connectivity index (χ2v) is 5.15. The highest BCUT2D eigenvalue weighted by atomic mass is 79.9. The Balaban J connectivity index is 2.51. The van der Waals surface area contributed by atoms with Crippen LogP contribution in [0.25, 0.3) is 0 Å². The summed E-state index contributed by atoms with van der Waals surface area (Å²) < 4.78 is 17.6. The van der Waals surface area contributed by atoms with E-state index in [-0.39, 0.29) is 0 Å². The third-order valence-corrected chi connectivity index (χ3v) is 3.31. The van der Waals surface area contributed by atoms with Crippen LogP contribution in [0.1, 0.15) is 0 Å². The molecule has 1 rings (SSSR count). The predicted octanol–water partition coefficient (Wildman–Crippen LogP) is 3.85. The minimum absolute atomic E-state index is 0.480. The standard InChI is InChI=1S/C11H13Br2ClO3/c1-15-10-6-9(13)11(7-8(10)12)17-5-4-16-3-2-14/h6-7H,2-5H2,1H3. The number of benzene rings is 1. The molecule has 0 aliphatic carbocycles. The van der Waals surface area contributed by atoms with Gasteiger partial charge in [-0.2, -0.15) is 0 Å². The molecule has 96 valence electrons. The van der Waals surface area contributed by atoms with Gasteiger partial charge in [-0.3, -0.25) is 0 Å². The summed E-state index contributed by atoms with van der Waals surface area (Å²) in [6, 6.07) is 3.70. The largest absolute Gasteiger partial charge is 0.496 e. The zero-order valence-corrected chi connectivity index (χ0v) is 13.3. The topological polar surface area (TPSA) is 27.7 Å². The van der Waals surface area contributed by atoms with Crippen LogP contribution in [-0.4, -0.2) is 32.8 Å². The molecule has 0 spiro atoms. The first-order chi connectivity index (χ1) is 8.19. The van der Waals surface area contributed by atoms with Crippen molar-refractivity contribution in [3.63, 3.8) is 0 Å². The highest BCUT2D eigenvalue weighted by Gasteiger charge is 2.07. The van der Waals surface area contributed by atoms with Gasteiger partial charge < -0.3 is 14.2 Å². The summed E-state index contributed by atoms with van der Waals surface area (Å²) in [6.07, 6.45) is 0. The average molecular weight is 388 g/mol. The Bertz CT molecular complexity index is 361. The molecule has 0 amide bonds. The molecular weight excluding hydrogens is 375 g/mol. The van der Waals surface area contributed by atoms with Crippen LogP contribution in [0.3, 0.4) is 0 Å². The van der Waals surface area contributed by atoms with Gasteiger partial charge in [-0.1, -0.05) is 0 Å². The van der Waals surface area contributed by atoms with E-state index in [4.69, 9.17) is 25.8 Å². The number of methoxy groups -OCH3 is 1. The molecule has 0 N–H and O–H groups in total. The molecule has 0 aromatic heterocycles. The van der Waals surface area contributed by atoms with E-state index < -0.39 is 0 Å². The number of halogens is 3. The molecule has 1 aromatic rings. The van der Waals surface area contributed by atoms with E-state index in [9.17, 15) is 0 Å². The highest BCUT2D eigenvalue weighted by Crippen LogP contribution is 2.35. The zero-order chi connectivity index (χ0) is 12.7. The van der Waals surface area contributed by atoms with Crippen molar-refractivity contribution in [1.82, 2.24) is 0 Å². The van der Waals surface area contributed by atoms with E-state index in [0.717, 1.165) is 20.4 Å². The van der Waals surface area contributed by atoms with Gasteiger partial charge in [0.05, 0.1) is 29.3 Å². The minimum Gasteiger partial charge on any atom is -0.496 e. The fraction of sp³-hybridized carbons (Fsp3) is 0.455. The lowest BCUT2D eigenvalue weighted by Crippen LogP contribution is -2.08. The first-order valence-corrected chi connectivity index (χ1v) is 7.10. The van der Waals surface area contributed by atoms with Gasteiger partial charge in [0.15, 0.2) is 0 Å². The van der Waals surface area contributed by atoms with Gasteiger partial charge in [-0.15, -0.1) is 11.6 Å². The lowest BCUT2D eigenvalue weighted by atomic mass is 10.3. The Morgan fingerprint density at radius 3 is 2.35 bits per heavy atom. The maximum Gasteiger partial charge on any atom is 0.134 e. The number of ether oxygens (including phenoxy) is 3. The van der Waals surface area contributed by atoms with Gasteiger partial charge in [0.25, 0.3) is 0 Å². The van der Waals surface area contributed by atoms with Crippen LogP contribution in [0, 0.1) is 0 Å². The minimum atomic E-state index is 0.480. The van der Waals surface area contributed by atoms with Gasteiger partial charge in [0.1, 0.15) is 18.1 Å². The van der Waals surface area contributed by atoms with Crippen molar-refractivity contribution in [1.29, 1.82) is 0 Å². The third-order valence-electron chi connectivity index (χ3n) is 1.91. The quantitative estimate of drug-likeness (QED) is 0.525. The molecule has 3 nitrogen and oxygen atoms in total. The molecule has 0 fully saturated rings. The number of hydrogen-bond donors (Lipinski definition) is 0. The van der Waals surface area contributed by atoms with E-state index in [2.05, 4.69) is 31.9 Å². The van der Waals surface area contributed by atoms with Crippen molar-refractivity contribution in [2.24, 2.45) is 0 Å². The van der Waals surface area contributed by atoms with Crippen LogP contribution >= 0.6 is 43.5 Å². The molecular formula is C11H13Br2ClO3. The molecule has 0 bridgehead atoms. The van der Waals surface area contributed by atoms with E-state index in [1.54, 1.807) is 7.11 Å². The molecule has 6 heteroatoms. The van der Waals surface area contributed by atoms with Crippen molar-refractivity contribution in [3.8, 4) is 11.5 Å². The molecule has 17 heavy (non-hydrogen) atoms. The summed E-state index contributed by atoms with van der Waals surface area (Å²) in [4.78, 5) is 0. The van der Waals surface area contributed by atoms with Crippen LogP contribution in [0.2, 0.25) is 0 Å². The molecule has 0 aliphatic heterocycles. The number of rotatable bonds is 7. The van der Waals surface area contributed by atoms with Crippen molar-refractivity contribution >= 4 is 43.5 Å². The molecule has 1 aromatic carbocycles. The first-order valence-electron chi connectivity index (χ1n) is 4.98. The summed E-state index contributed by atoms with van der Waals surface area (Å²) in [5, 5.41) is 0.